The Labute approximate surface area is 128 Å². The summed E-state index contributed by atoms with van der Waals surface area (Å²) >= 11 is 0. The highest BCUT2D eigenvalue weighted by Crippen LogP contribution is 2.30. The summed E-state index contributed by atoms with van der Waals surface area (Å²) in [6, 6.07) is 8.67. The summed E-state index contributed by atoms with van der Waals surface area (Å²) in [4.78, 5) is 22.5. The van der Waals surface area contributed by atoms with Gasteiger partial charge in [-0.15, -0.1) is 0 Å². The normalized spacial score (nSPS) is 10.9. The number of carbonyl (C=O) groups is 2. The van der Waals surface area contributed by atoms with Gasteiger partial charge in [-0.25, -0.2) is 9.59 Å². The zero-order valence-corrected chi connectivity index (χ0v) is 11.6. The molecular formula is C15H11F3N2O3. The fourth-order valence-corrected chi connectivity index (χ4v) is 1.71. The molecular weight excluding hydrogens is 313 g/mol. The summed E-state index contributed by atoms with van der Waals surface area (Å²) in [6.07, 6.45) is -4.45. The lowest BCUT2D eigenvalue weighted by molar-refractivity contribution is -0.137. The first-order chi connectivity index (χ1) is 10.8. The van der Waals surface area contributed by atoms with Crippen LogP contribution in [0.3, 0.4) is 0 Å². The van der Waals surface area contributed by atoms with Crippen molar-refractivity contribution in [3.05, 3.63) is 59.7 Å². The van der Waals surface area contributed by atoms with Gasteiger partial charge in [0.05, 0.1) is 11.1 Å². The predicted molar refractivity (Wildman–Crippen MR) is 76.1 cm³/mol. The van der Waals surface area contributed by atoms with E-state index < -0.39 is 23.7 Å². The molecule has 23 heavy (non-hydrogen) atoms. The monoisotopic (exact) mass is 324 g/mol. The molecule has 5 nitrogen and oxygen atoms in total. The van der Waals surface area contributed by atoms with Crippen LogP contribution in [0.25, 0.3) is 0 Å². The van der Waals surface area contributed by atoms with E-state index in [0.29, 0.717) is 5.69 Å². The van der Waals surface area contributed by atoms with Crippen LogP contribution in [0.15, 0.2) is 48.5 Å². The second kappa shape index (κ2) is 6.39. The van der Waals surface area contributed by atoms with Gasteiger partial charge in [0.1, 0.15) is 5.75 Å². The molecule has 0 atom stereocenters. The van der Waals surface area contributed by atoms with Crippen LogP contribution >= 0.6 is 0 Å². The van der Waals surface area contributed by atoms with E-state index in [4.69, 9.17) is 10.5 Å². The number of carbonyl (C=O) groups excluding carboxylic acids is 2. The van der Waals surface area contributed by atoms with E-state index in [0.717, 1.165) is 24.3 Å². The summed E-state index contributed by atoms with van der Waals surface area (Å²) in [5, 5.41) is 2.32. The molecule has 0 saturated carbocycles. The lowest BCUT2D eigenvalue weighted by Crippen LogP contribution is -2.19. The van der Waals surface area contributed by atoms with Crippen LogP contribution in [-0.2, 0) is 6.18 Å². The summed E-state index contributed by atoms with van der Waals surface area (Å²) < 4.78 is 42.3. The number of halogens is 3. The topological polar surface area (TPSA) is 81.4 Å². The standard InChI is InChI=1S/C15H11F3N2O3/c16-15(17,18)10-3-7-12(8-4-10)23-13(21)9-1-5-11(6-2-9)20-14(19)22/h1-8H,(H3,19,20,22). The number of ether oxygens (including phenoxy) is 1. The van der Waals surface area contributed by atoms with Gasteiger partial charge in [-0.2, -0.15) is 13.2 Å². The van der Waals surface area contributed by atoms with Crippen LogP contribution in [0.2, 0.25) is 0 Å². The molecule has 0 saturated heterocycles. The first-order valence-corrected chi connectivity index (χ1v) is 6.31. The van der Waals surface area contributed by atoms with E-state index in [2.05, 4.69) is 5.32 Å². The van der Waals surface area contributed by atoms with E-state index in [-0.39, 0.29) is 11.3 Å². The van der Waals surface area contributed by atoms with Crippen molar-refractivity contribution < 1.29 is 27.5 Å². The van der Waals surface area contributed by atoms with Crippen LogP contribution < -0.4 is 15.8 Å². The van der Waals surface area contributed by atoms with Crippen molar-refractivity contribution >= 4 is 17.7 Å². The number of rotatable bonds is 3. The fraction of sp³-hybridized carbons (Fsp3) is 0.0667. The number of amides is 2. The van der Waals surface area contributed by atoms with Gasteiger partial charge in [0.25, 0.3) is 0 Å². The number of hydrogen-bond donors (Lipinski definition) is 2. The molecule has 2 rings (SSSR count). The molecule has 0 aliphatic rings. The van der Waals surface area contributed by atoms with Gasteiger partial charge in [0.15, 0.2) is 0 Å². The summed E-state index contributed by atoms with van der Waals surface area (Å²) in [6.45, 7) is 0. The van der Waals surface area contributed by atoms with Crippen molar-refractivity contribution in [3.8, 4) is 5.75 Å². The maximum atomic E-state index is 12.4. The highest BCUT2D eigenvalue weighted by molar-refractivity contribution is 5.92. The molecule has 2 aromatic rings. The number of anilines is 1. The van der Waals surface area contributed by atoms with Gasteiger partial charge in [0.2, 0.25) is 0 Å². The van der Waals surface area contributed by atoms with Gasteiger partial charge in [-0.1, -0.05) is 0 Å². The van der Waals surface area contributed by atoms with Crippen LogP contribution in [-0.4, -0.2) is 12.0 Å². The largest absolute Gasteiger partial charge is 0.423 e. The maximum absolute atomic E-state index is 12.4. The summed E-state index contributed by atoms with van der Waals surface area (Å²) in [5.74, 6) is -0.752. The minimum absolute atomic E-state index is 0.0117. The Balaban J connectivity index is 2.05. The molecule has 0 heterocycles. The summed E-state index contributed by atoms with van der Waals surface area (Å²) in [5.41, 5.74) is 4.67. The molecule has 8 heteroatoms. The molecule has 0 unspecified atom stereocenters. The zero-order chi connectivity index (χ0) is 17.0. The molecule has 120 valence electrons. The van der Waals surface area contributed by atoms with E-state index in [1.165, 1.54) is 24.3 Å². The molecule has 0 aliphatic carbocycles. The molecule has 0 aliphatic heterocycles. The number of alkyl halides is 3. The number of esters is 1. The fourth-order valence-electron chi connectivity index (χ4n) is 1.71. The third-order valence-electron chi connectivity index (χ3n) is 2.78. The zero-order valence-electron chi connectivity index (χ0n) is 11.6. The van der Waals surface area contributed by atoms with Gasteiger partial charge >= 0.3 is 18.2 Å². The number of hydrogen-bond acceptors (Lipinski definition) is 3. The van der Waals surface area contributed by atoms with Crippen molar-refractivity contribution in [1.82, 2.24) is 0 Å². The Morgan fingerprint density at radius 1 is 0.957 bits per heavy atom. The maximum Gasteiger partial charge on any atom is 0.416 e. The van der Waals surface area contributed by atoms with Crippen molar-refractivity contribution in [3.63, 3.8) is 0 Å². The first kappa shape index (κ1) is 16.3. The van der Waals surface area contributed by atoms with Crippen LogP contribution in [0.1, 0.15) is 15.9 Å². The molecule has 0 aromatic heterocycles. The molecule has 0 fully saturated rings. The molecule has 2 amide bonds. The van der Waals surface area contributed by atoms with Gasteiger partial charge in [-0.3, -0.25) is 0 Å². The molecule has 0 bridgehead atoms. The van der Waals surface area contributed by atoms with E-state index >= 15 is 0 Å². The van der Waals surface area contributed by atoms with E-state index in [1.54, 1.807) is 0 Å². The second-order valence-corrected chi connectivity index (χ2v) is 4.48. The lowest BCUT2D eigenvalue weighted by atomic mass is 10.2. The molecule has 0 spiro atoms. The minimum atomic E-state index is -4.45. The molecule has 3 N–H and O–H groups in total. The lowest BCUT2D eigenvalue weighted by Gasteiger charge is -2.08. The number of benzene rings is 2. The highest BCUT2D eigenvalue weighted by atomic mass is 19.4. The van der Waals surface area contributed by atoms with Gasteiger partial charge in [-0.05, 0) is 48.5 Å². The van der Waals surface area contributed by atoms with Crippen LogP contribution in [0.4, 0.5) is 23.7 Å². The third-order valence-corrected chi connectivity index (χ3v) is 2.78. The minimum Gasteiger partial charge on any atom is -0.423 e. The Hall–Kier alpha value is -3.03. The second-order valence-electron chi connectivity index (χ2n) is 4.48. The Bertz CT molecular complexity index is 710. The smallest absolute Gasteiger partial charge is 0.416 e. The average Bonchev–Trinajstić information content (AvgIpc) is 2.47. The van der Waals surface area contributed by atoms with Crippen LogP contribution in [0, 0.1) is 0 Å². The number of urea groups is 1. The number of primary amides is 1. The van der Waals surface area contributed by atoms with Crippen molar-refractivity contribution in [2.75, 3.05) is 5.32 Å². The number of nitrogens with one attached hydrogen (secondary N) is 1. The number of nitrogens with two attached hydrogens (primary N) is 1. The van der Waals surface area contributed by atoms with E-state index in [1.807, 2.05) is 0 Å². The van der Waals surface area contributed by atoms with Crippen molar-refractivity contribution in [2.24, 2.45) is 5.73 Å². The van der Waals surface area contributed by atoms with Gasteiger partial charge < -0.3 is 15.8 Å². The first-order valence-electron chi connectivity index (χ1n) is 6.31. The SMILES string of the molecule is NC(=O)Nc1ccc(C(=O)Oc2ccc(C(F)(F)F)cc2)cc1. The van der Waals surface area contributed by atoms with E-state index in [9.17, 15) is 22.8 Å². The molecule has 0 radical (unpaired) electrons. The summed E-state index contributed by atoms with van der Waals surface area (Å²) in [7, 11) is 0. The Kier molecular flexibility index (Phi) is 4.54. The van der Waals surface area contributed by atoms with Crippen molar-refractivity contribution in [2.45, 2.75) is 6.18 Å². The predicted octanol–water partition coefficient (Wildman–Crippen LogP) is 3.42. The van der Waals surface area contributed by atoms with Crippen molar-refractivity contribution in [1.29, 1.82) is 0 Å². The third kappa shape index (κ3) is 4.47. The highest BCUT2D eigenvalue weighted by Gasteiger charge is 2.30. The average molecular weight is 324 g/mol. The quantitative estimate of drug-likeness (QED) is 0.670. The Morgan fingerprint density at radius 2 is 1.52 bits per heavy atom. The molecule has 2 aromatic carbocycles. The van der Waals surface area contributed by atoms with Crippen LogP contribution in [0.5, 0.6) is 5.75 Å². The Morgan fingerprint density at radius 3 is 2.00 bits per heavy atom. The van der Waals surface area contributed by atoms with Gasteiger partial charge in [0, 0.05) is 5.69 Å².